The fourth-order valence-electron chi connectivity index (χ4n) is 3.40. The first-order valence-corrected chi connectivity index (χ1v) is 8.84. The zero-order valence-electron chi connectivity index (χ0n) is 15.0. The third-order valence-electron chi connectivity index (χ3n) is 4.59. The van der Waals surface area contributed by atoms with Crippen LogP contribution in [0.4, 0.5) is 0 Å². The van der Waals surface area contributed by atoms with Crippen molar-refractivity contribution in [3.8, 4) is 11.4 Å². The van der Waals surface area contributed by atoms with Gasteiger partial charge in [0.05, 0.1) is 0 Å². The van der Waals surface area contributed by atoms with Gasteiger partial charge in [0.1, 0.15) is 6.33 Å². The van der Waals surface area contributed by atoms with Gasteiger partial charge in [0.2, 0.25) is 5.91 Å². The van der Waals surface area contributed by atoms with Crippen molar-refractivity contribution in [2.24, 2.45) is 16.6 Å². The zero-order valence-corrected chi connectivity index (χ0v) is 15.0. The van der Waals surface area contributed by atoms with Crippen LogP contribution >= 0.6 is 0 Å². The van der Waals surface area contributed by atoms with Crippen LogP contribution in [-0.2, 0) is 11.3 Å². The van der Waals surface area contributed by atoms with Gasteiger partial charge in [-0.25, -0.2) is 4.98 Å². The van der Waals surface area contributed by atoms with Gasteiger partial charge in [0.15, 0.2) is 11.8 Å². The number of hydrogen-bond acceptors (Lipinski definition) is 4. The molecule has 0 saturated carbocycles. The fourth-order valence-corrected chi connectivity index (χ4v) is 3.40. The average molecular weight is 355 g/mol. The number of primary amides is 1. The predicted molar refractivity (Wildman–Crippen MR) is 100 cm³/mol. The van der Waals surface area contributed by atoms with Crippen LogP contribution in [0, 0.1) is 5.92 Å². The number of nitrogens with one attached hydrogen (secondary N) is 2. The number of guanidine groups is 1. The molecular formula is C18H25N7O. The molecule has 1 fully saturated rings. The third kappa shape index (κ3) is 4.59. The number of carbonyl (C=O) groups excluding carboxylic acids is 1. The highest BCUT2D eigenvalue weighted by molar-refractivity contribution is 5.80. The Morgan fingerprint density at radius 1 is 1.50 bits per heavy atom. The SMILES string of the molecule is CN=C(NCc1cccc(-c2ncn[nH]2)c1)N1CCCC(CC(N)=O)C1. The maximum atomic E-state index is 11.2. The van der Waals surface area contributed by atoms with E-state index < -0.39 is 0 Å². The third-order valence-corrected chi connectivity index (χ3v) is 4.59. The second-order valence-corrected chi connectivity index (χ2v) is 6.56. The van der Waals surface area contributed by atoms with Crippen molar-refractivity contribution in [2.45, 2.75) is 25.8 Å². The summed E-state index contributed by atoms with van der Waals surface area (Å²) in [6, 6.07) is 8.14. The minimum atomic E-state index is -0.232. The molecule has 1 saturated heterocycles. The lowest BCUT2D eigenvalue weighted by atomic mass is 9.95. The van der Waals surface area contributed by atoms with Crippen molar-refractivity contribution in [3.63, 3.8) is 0 Å². The van der Waals surface area contributed by atoms with Crippen LogP contribution in [0.15, 0.2) is 35.6 Å². The lowest BCUT2D eigenvalue weighted by molar-refractivity contribution is -0.119. The number of hydrogen-bond donors (Lipinski definition) is 3. The molecule has 8 nitrogen and oxygen atoms in total. The fraction of sp³-hybridized carbons (Fsp3) is 0.444. The molecule has 1 aromatic carbocycles. The number of amides is 1. The topological polar surface area (TPSA) is 112 Å². The van der Waals surface area contributed by atoms with E-state index >= 15 is 0 Å². The van der Waals surface area contributed by atoms with Crippen molar-refractivity contribution >= 4 is 11.9 Å². The monoisotopic (exact) mass is 355 g/mol. The summed E-state index contributed by atoms with van der Waals surface area (Å²) in [5, 5.41) is 10.2. The number of likely N-dealkylation sites (tertiary alicyclic amines) is 1. The van der Waals surface area contributed by atoms with E-state index in [9.17, 15) is 4.79 Å². The molecule has 26 heavy (non-hydrogen) atoms. The summed E-state index contributed by atoms with van der Waals surface area (Å²) in [5.74, 6) is 1.67. The number of piperidine rings is 1. The molecule has 1 unspecified atom stereocenters. The summed E-state index contributed by atoms with van der Waals surface area (Å²) in [6.07, 6.45) is 4.02. The maximum absolute atomic E-state index is 11.2. The molecule has 0 aliphatic carbocycles. The summed E-state index contributed by atoms with van der Waals surface area (Å²) in [7, 11) is 1.78. The van der Waals surface area contributed by atoms with E-state index in [2.05, 4.69) is 42.5 Å². The number of rotatable bonds is 5. The summed E-state index contributed by atoms with van der Waals surface area (Å²) in [6.45, 7) is 2.40. The minimum absolute atomic E-state index is 0.232. The molecule has 0 bridgehead atoms. The van der Waals surface area contributed by atoms with Crippen molar-refractivity contribution < 1.29 is 4.79 Å². The molecule has 0 spiro atoms. The summed E-state index contributed by atoms with van der Waals surface area (Å²) < 4.78 is 0. The van der Waals surface area contributed by atoms with Crippen LogP contribution in [0.25, 0.3) is 11.4 Å². The van der Waals surface area contributed by atoms with Crippen LogP contribution in [0.3, 0.4) is 0 Å². The number of aliphatic imine (C=N–C) groups is 1. The molecule has 2 aromatic rings. The lowest BCUT2D eigenvalue weighted by Gasteiger charge is -2.34. The van der Waals surface area contributed by atoms with E-state index in [-0.39, 0.29) is 5.91 Å². The first-order valence-electron chi connectivity index (χ1n) is 8.84. The molecule has 1 aliphatic rings. The Balaban J connectivity index is 1.61. The van der Waals surface area contributed by atoms with E-state index in [1.165, 1.54) is 6.33 Å². The van der Waals surface area contributed by atoms with Crippen LogP contribution in [0.1, 0.15) is 24.8 Å². The van der Waals surface area contributed by atoms with Crippen LogP contribution in [0.2, 0.25) is 0 Å². The van der Waals surface area contributed by atoms with Gasteiger partial charge in [0.25, 0.3) is 0 Å². The van der Waals surface area contributed by atoms with E-state index in [0.717, 1.165) is 48.8 Å². The molecule has 1 aromatic heterocycles. The lowest BCUT2D eigenvalue weighted by Crippen LogP contribution is -2.46. The molecule has 138 valence electrons. The van der Waals surface area contributed by atoms with Gasteiger partial charge in [-0.1, -0.05) is 18.2 Å². The summed E-state index contributed by atoms with van der Waals surface area (Å²) in [4.78, 5) is 22.0. The number of benzene rings is 1. The standard InChI is InChI=1S/C18H25N7O/c1-20-18(25-7-3-5-14(11-25)9-16(19)26)21-10-13-4-2-6-15(8-13)17-22-12-23-24-17/h2,4,6,8,12,14H,3,5,7,9-11H2,1H3,(H2,19,26)(H,20,21)(H,22,23,24). The van der Waals surface area contributed by atoms with Crippen molar-refractivity contribution in [3.05, 3.63) is 36.2 Å². The van der Waals surface area contributed by atoms with Gasteiger partial charge in [0, 0.05) is 38.7 Å². The van der Waals surface area contributed by atoms with E-state index in [1.54, 1.807) is 7.05 Å². The number of H-pyrrole nitrogens is 1. The smallest absolute Gasteiger partial charge is 0.217 e. The van der Waals surface area contributed by atoms with Crippen LogP contribution in [0.5, 0.6) is 0 Å². The van der Waals surface area contributed by atoms with E-state index in [1.807, 2.05) is 12.1 Å². The first-order chi connectivity index (χ1) is 12.7. The van der Waals surface area contributed by atoms with Crippen LogP contribution in [-0.4, -0.2) is 52.1 Å². The predicted octanol–water partition coefficient (Wildman–Crippen LogP) is 1.13. The molecule has 0 radical (unpaired) electrons. The highest BCUT2D eigenvalue weighted by Gasteiger charge is 2.23. The molecule has 3 rings (SSSR count). The summed E-state index contributed by atoms with van der Waals surface area (Å²) in [5.41, 5.74) is 7.48. The Morgan fingerprint density at radius 3 is 3.12 bits per heavy atom. The quantitative estimate of drug-likeness (QED) is 0.550. The van der Waals surface area contributed by atoms with Crippen molar-refractivity contribution in [2.75, 3.05) is 20.1 Å². The molecule has 4 N–H and O–H groups in total. The Labute approximate surface area is 152 Å². The number of aromatic amines is 1. The second-order valence-electron chi connectivity index (χ2n) is 6.56. The molecule has 1 atom stereocenters. The molecule has 2 heterocycles. The van der Waals surface area contributed by atoms with Crippen molar-refractivity contribution in [1.29, 1.82) is 0 Å². The Hall–Kier alpha value is -2.90. The largest absolute Gasteiger partial charge is 0.370 e. The van der Waals surface area contributed by atoms with E-state index in [0.29, 0.717) is 18.9 Å². The molecule has 1 amide bonds. The van der Waals surface area contributed by atoms with Gasteiger partial charge in [-0.15, -0.1) is 0 Å². The number of nitrogens with zero attached hydrogens (tertiary/aromatic N) is 4. The van der Waals surface area contributed by atoms with Gasteiger partial charge >= 0.3 is 0 Å². The highest BCUT2D eigenvalue weighted by atomic mass is 16.1. The van der Waals surface area contributed by atoms with Gasteiger partial charge in [-0.3, -0.25) is 14.9 Å². The number of nitrogens with two attached hydrogens (primary N) is 1. The molecule has 8 heteroatoms. The molecule has 1 aliphatic heterocycles. The Morgan fingerprint density at radius 2 is 2.38 bits per heavy atom. The number of carbonyl (C=O) groups is 1. The first kappa shape index (κ1) is 17.9. The zero-order chi connectivity index (χ0) is 18.4. The molecular weight excluding hydrogens is 330 g/mol. The van der Waals surface area contributed by atoms with Gasteiger partial charge < -0.3 is 16.0 Å². The maximum Gasteiger partial charge on any atom is 0.217 e. The minimum Gasteiger partial charge on any atom is -0.370 e. The average Bonchev–Trinajstić information content (AvgIpc) is 3.17. The highest BCUT2D eigenvalue weighted by Crippen LogP contribution is 2.20. The van der Waals surface area contributed by atoms with E-state index in [4.69, 9.17) is 5.73 Å². The van der Waals surface area contributed by atoms with Gasteiger partial charge in [-0.2, -0.15) is 5.10 Å². The van der Waals surface area contributed by atoms with Crippen molar-refractivity contribution in [1.82, 2.24) is 25.4 Å². The van der Waals surface area contributed by atoms with Gasteiger partial charge in [-0.05, 0) is 30.4 Å². The number of aromatic nitrogens is 3. The second kappa shape index (κ2) is 8.46. The normalized spacial score (nSPS) is 18.0. The van der Waals surface area contributed by atoms with Crippen LogP contribution < -0.4 is 11.1 Å². The Kier molecular flexibility index (Phi) is 5.83. The summed E-state index contributed by atoms with van der Waals surface area (Å²) >= 11 is 0. The Bertz CT molecular complexity index is 757.